The van der Waals surface area contributed by atoms with E-state index in [0.717, 1.165) is 0 Å². The van der Waals surface area contributed by atoms with Crippen LogP contribution in [0, 0.1) is 0 Å². The summed E-state index contributed by atoms with van der Waals surface area (Å²) in [7, 11) is 0. The summed E-state index contributed by atoms with van der Waals surface area (Å²) in [5.41, 5.74) is 3.71. The topological polar surface area (TPSA) is 111 Å². The third-order valence-electron chi connectivity index (χ3n) is 3.33. The summed E-state index contributed by atoms with van der Waals surface area (Å²) in [4.78, 5) is 36.5. The second-order valence-corrected chi connectivity index (χ2v) is 6.14. The van der Waals surface area contributed by atoms with Crippen LogP contribution < -0.4 is 10.9 Å². The fourth-order valence-electron chi connectivity index (χ4n) is 2.42. The fraction of sp³-hybridized carbons (Fsp3) is 0.750. The molecule has 21 heavy (non-hydrogen) atoms. The lowest BCUT2D eigenvalue weighted by Gasteiger charge is -2.29. The Kier molecular flexibility index (Phi) is 3.95. The normalized spacial score (nSPS) is 24.9. The van der Waals surface area contributed by atoms with Crippen LogP contribution >= 0.6 is 0 Å². The Morgan fingerprint density at radius 3 is 2.57 bits per heavy atom. The minimum Gasteiger partial charge on any atom is -0.443 e. The van der Waals surface area contributed by atoms with Gasteiger partial charge in [0.1, 0.15) is 11.6 Å². The zero-order chi connectivity index (χ0) is 15.8. The van der Waals surface area contributed by atoms with Gasteiger partial charge in [0.2, 0.25) is 0 Å². The quantitative estimate of drug-likeness (QED) is 0.473. The second-order valence-electron chi connectivity index (χ2n) is 6.14. The number of carbonyl (C=O) groups excluding carboxylic acids is 3. The van der Waals surface area contributed by atoms with Crippen LogP contribution in [0.25, 0.3) is 0 Å². The number of hydrogen-bond acceptors (Lipinski definition) is 5. The molecule has 2 atom stereocenters. The zero-order valence-corrected chi connectivity index (χ0v) is 12.3. The van der Waals surface area contributed by atoms with Crippen LogP contribution in [0.1, 0.15) is 33.6 Å². The number of hydroxylamine groups is 2. The first-order valence-corrected chi connectivity index (χ1v) is 6.76. The molecule has 0 aromatic carbocycles. The van der Waals surface area contributed by atoms with E-state index >= 15 is 0 Å². The number of urea groups is 1. The van der Waals surface area contributed by atoms with Crippen molar-refractivity contribution in [1.29, 1.82) is 0 Å². The molecular formula is C12H20N4O5. The maximum Gasteiger partial charge on any atom is 0.426 e. The monoisotopic (exact) mass is 300 g/mol. The van der Waals surface area contributed by atoms with Crippen LogP contribution in [0.5, 0.6) is 0 Å². The van der Waals surface area contributed by atoms with Gasteiger partial charge in [-0.1, -0.05) is 0 Å². The SMILES string of the molecule is CC(C)(C)OC(=O)NNC(=O)C1CCC2CN1C(=O)N2O. The highest BCUT2D eigenvalue weighted by atomic mass is 16.6. The highest BCUT2D eigenvalue weighted by Crippen LogP contribution is 2.28. The number of fused-ring (bicyclic) bond motifs is 2. The Hall–Kier alpha value is -2.03. The van der Waals surface area contributed by atoms with E-state index < -0.39 is 29.7 Å². The predicted octanol–water partition coefficient (Wildman–Crippen LogP) is 0.200. The molecule has 2 unspecified atom stereocenters. The number of piperidine rings is 1. The molecule has 2 rings (SSSR count). The van der Waals surface area contributed by atoms with E-state index in [4.69, 9.17) is 4.74 Å². The largest absolute Gasteiger partial charge is 0.443 e. The molecule has 2 bridgehead atoms. The maximum absolute atomic E-state index is 12.0. The Morgan fingerprint density at radius 2 is 1.95 bits per heavy atom. The first-order chi connectivity index (χ1) is 9.69. The number of nitrogens with zero attached hydrogens (tertiary/aromatic N) is 2. The van der Waals surface area contributed by atoms with Crippen molar-refractivity contribution < 1.29 is 24.3 Å². The molecule has 0 spiro atoms. The molecular weight excluding hydrogens is 280 g/mol. The van der Waals surface area contributed by atoms with Crippen LogP contribution in [0.4, 0.5) is 9.59 Å². The Morgan fingerprint density at radius 1 is 1.29 bits per heavy atom. The predicted molar refractivity (Wildman–Crippen MR) is 70.0 cm³/mol. The molecule has 2 heterocycles. The lowest BCUT2D eigenvalue weighted by atomic mass is 10.0. The van der Waals surface area contributed by atoms with Gasteiger partial charge in [0.05, 0.1) is 6.04 Å². The number of rotatable bonds is 1. The number of hydrazine groups is 1. The molecule has 2 aliphatic rings. The van der Waals surface area contributed by atoms with Crippen molar-refractivity contribution in [3.8, 4) is 0 Å². The molecule has 2 aliphatic heterocycles. The van der Waals surface area contributed by atoms with Gasteiger partial charge >= 0.3 is 12.1 Å². The number of carbonyl (C=O) groups is 3. The van der Waals surface area contributed by atoms with Gasteiger partial charge < -0.3 is 9.64 Å². The number of ether oxygens (including phenoxy) is 1. The summed E-state index contributed by atoms with van der Waals surface area (Å²) >= 11 is 0. The molecule has 2 fully saturated rings. The van der Waals surface area contributed by atoms with Gasteiger partial charge in [-0.3, -0.25) is 15.4 Å². The summed E-state index contributed by atoms with van der Waals surface area (Å²) in [5.74, 6) is -0.511. The molecule has 0 saturated carbocycles. The first kappa shape index (κ1) is 15.4. The van der Waals surface area contributed by atoms with Crippen molar-refractivity contribution in [2.45, 2.75) is 51.3 Å². The number of hydrogen-bond donors (Lipinski definition) is 3. The van der Waals surface area contributed by atoms with Crippen molar-refractivity contribution in [1.82, 2.24) is 20.8 Å². The van der Waals surface area contributed by atoms with Gasteiger partial charge in [-0.15, -0.1) is 0 Å². The van der Waals surface area contributed by atoms with Gasteiger partial charge in [0.25, 0.3) is 5.91 Å². The summed E-state index contributed by atoms with van der Waals surface area (Å²) < 4.78 is 4.98. The third kappa shape index (κ3) is 3.35. The molecule has 0 aliphatic carbocycles. The van der Waals surface area contributed by atoms with E-state index in [-0.39, 0.29) is 6.04 Å². The van der Waals surface area contributed by atoms with Crippen molar-refractivity contribution >= 4 is 18.0 Å². The van der Waals surface area contributed by atoms with Crippen LogP contribution in [-0.2, 0) is 9.53 Å². The van der Waals surface area contributed by atoms with Crippen LogP contribution in [0.15, 0.2) is 0 Å². The molecule has 0 aromatic rings. The number of nitrogens with one attached hydrogen (secondary N) is 2. The molecule has 118 valence electrons. The minimum atomic E-state index is -0.777. The molecule has 3 N–H and O–H groups in total. The van der Waals surface area contributed by atoms with E-state index in [0.29, 0.717) is 24.4 Å². The van der Waals surface area contributed by atoms with Gasteiger partial charge in [-0.2, -0.15) is 0 Å². The van der Waals surface area contributed by atoms with Gasteiger partial charge in [-0.05, 0) is 33.6 Å². The summed E-state index contributed by atoms with van der Waals surface area (Å²) in [6, 6.07) is -1.56. The van der Waals surface area contributed by atoms with E-state index in [1.54, 1.807) is 20.8 Å². The van der Waals surface area contributed by atoms with Crippen LogP contribution in [0.3, 0.4) is 0 Å². The van der Waals surface area contributed by atoms with E-state index in [2.05, 4.69) is 10.9 Å². The summed E-state index contributed by atoms with van der Waals surface area (Å²) in [6.07, 6.45) is 0.180. The Bertz CT molecular complexity index is 461. The molecule has 4 amide bonds. The Labute approximate surface area is 122 Å². The first-order valence-electron chi connectivity index (χ1n) is 6.76. The van der Waals surface area contributed by atoms with Gasteiger partial charge in [-0.25, -0.2) is 20.1 Å². The smallest absolute Gasteiger partial charge is 0.426 e. The van der Waals surface area contributed by atoms with E-state index in [1.807, 2.05) is 0 Å². The standard InChI is InChI=1S/C12H20N4O5/c1-12(2,3)21-10(18)14-13-9(17)8-5-4-7-6-15(8)11(19)16(7)20/h7-8,20H,4-6H2,1-3H3,(H,13,17)(H,14,18). The molecule has 2 saturated heterocycles. The van der Waals surface area contributed by atoms with Crippen molar-refractivity contribution in [3.63, 3.8) is 0 Å². The van der Waals surface area contributed by atoms with Crippen molar-refractivity contribution in [3.05, 3.63) is 0 Å². The molecule has 9 nitrogen and oxygen atoms in total. The van der Waals surface area contributed by atoms with Gasteiger partial charge in [0, 0.05) is 6.54 Å². The molecule has 0 radical (unpaired) electrons. The average Bonchev–Trinajstić information content (AvgIpc) is 2.60. The lowest BCUT2D eigenvalue weighted by molar-refractivity contribution is -0.127. The Balaban J connectivity index is 1.87. The van der Waals surface area contributed by atoms with E-state index in [9.17, 15) is 19.6 Å². The fourth-order valence-corrected chi connectivity index (χ4v) is 2.42. The number of amides is 4. The lowest BCUT2D eigenvalue weighted by Crippen LogP contribution is -2.54. The third-order valence-corrected chi connectivity index (χ3v) is 3.33. The minimum absolute atomic E-state index is 0.264. The molecule has 0 aromatic heterocycles. The van der Waals surface area contributed by atoms with E-state index in [1.165, 1.54) is 4.90 Å². The maximum atomic E-state index is 12.0. The highest BCUT2D eigenvalue weighted by molar-refractivity contribution is 5.89. The molecule has 9 heteroatoms. The van der Waals surface area contributed by atoms with Crippen molar-refractivity contribution in [2.75, 3.05) is 6.54 Å². The average molecular weight is 300 g/mol. The summed E-state index contributed by atoms with van der Waals surface area (Å²) in [6.45, 7) is 5.41. The van der Waals surface area contributed by atoms with Gasteiger partial charge in [0.15, 0.2) is 0 Å². The van der Waals surface area contributed by atoms with Crippen LogP contribution in [-0.4, -0.2) is 57.4 Å². The van der Waals surface area contributed by atoms with Crippen LogP contribution in [0.2, 0.25) is 0 Å². The van der Waals surface area contributed by atoms with Crippen molar-refractivity contribution in [2.24, 2.45) is 0 Å². The zero-order valence-electron chi connectivity index (χ0n) is 12.3. The second kappa shape index (κ2) is 5.40. The summed E-state index contributed by atoms with van der Waals surface area (Å²) in [5, 5.41) is 10.2. The highest BCUT2D eigenvalue weighted by Gasteiger charge is 2.46.